The van der Waals surface area contributed by atoms with Gasteiger partial charge in [-0.1, -0.05) is 72.7 Å². The molecule has 0 saturated carbocycles. The highest BCUT2D eigenvalue weighted by molar-refractivity contribution is 5.93. The summed E-state index contributed by atoms with van der Waals surface area (Å²) in [7, 11) is 0. The van der Waals surface area contributed by atoms with Crippen LogP contribution in [0.5, 0.6) is 0 Å². The van der Waals surface area contributed by atoms with Crippen LogP contribution >= 0.6 is 0 Å². The van der Waals surface area contributed by atoms with Crippen molar-refractivity contribution in [2.45, 2.75) is 32.9 Å². The Balaban J connectivity index is 1.84. The molecule has 0 N–H and O–H groups in total. The molecule has 4 heteroatoms. The minimum Gasteiger partial charge on any atom is -0.355 e. The first-order valence-corrected chi connectivity index (χ1v) is 8.56. The predicted octanol–water partition coefficient (Wildman–Crippen LogP) is 4.78. The van der Waals surface area contributed by atoms with E-state index in [1.54, 1.807) is 6.07 Å². The topological polar surface area (TPSA) is 46.3 Å². The second kappa shape index (κ2) is 7.79. The fraction of sp³-hybridized carbons (Fsp3) is 0.238. The largest absolute Gasteiger partial charge is 0.355 e. The molecule has 0 radical (unpaired) electrons. The summed E-state index contributed by atoms with van der Waals surface area (Å²) in [6.07, 6.45) is 0.877. The maximum atomic E-state index is 13.0. The van der Waals surface area contributed by atoms with Crippen molar-refractivity contribution >= 4 is 5.91 Å². The minimum absolute atomic E-state index is 0.107. The second-order valence-corrected chi connectivity index (χ2v) is 6.12. The molecule has 1 aromatic heterocycles. The van der Waals surface area contributed by atoms with Gasteiger partial charge in [0.2, 0.25) is 0 Å². The lowest BCUT2D eigenvalue weighted by Crippen LogP contribution is -2.38. The number of benzene rings is 2. The quantitative estimate of drug-likeness (QED) is 0.651. The van der Waals surface area contributed by atoms with E-state index >= 15 is 0 Å². The number of carbonyl (C=O) groups excluding carboxylic acids is 1. The van der Waals surface area contributed by atoms with Gasteiger partial charge in [-0.15, -0.1) is 0 Å². The Bertz CT molecular complexity index is 812. The van der Waals surface area contributed by atoms with Crippen LogP contribution in [0.15, 0.2) is 71.3 Å². The SMILES string of the molecule is CCC(C)N(Cc1ccccc1)C(=O)c1cc(-c2ccccc2)on1. The lowest BCUT2D eigenvalue weighted by molar-refractivity contribution is 0.0661. The highest BCUT2D eigenvalue weighted by atomic mass is 16.5. The summed E-state index contributed by atoms with van der Waals surface area (Å²) in [5.74, 6) is 0.497. The molecule has 0 aliphatic carbocycles. The molecule has 1 heterocycles. The number of amides is 1. The Labute approximate surface area is 148 Å². The number of aromatic nitrogens is 1. The fourth-order valence-electron chi connectivity index (χ4n) is 2.69. The third-order valence-electron chi connectivity index (χ3n) is 4.37. The summed E-state index contributed by atoms with van der Waals surface area (Å²) < 4.78 is 5.39. The first-order valence-electron chi connectivity index (χ1n) is 8.56. The van der Waals surface area contributed by atoms with E-state index in [4.69, 9.17) is 4.52 Å². The normalized spacial score (nSPS) is 11.9. The molecule has 1 atom stereocenters. The van der Waals surface area contributed by atoms with Crippen LogP contribution in [0.2, 0.25) is 0 Å². The van der Waals surface area contributed by atoms with E-state index in [1.165, 1.54) is 0 Å². The standard InChI is InChI=1S/C21H22N2O2/c1-3-16(2)23(15-17-10-6-4-7-11-17)21(24)19-14-20(25-22-19)18-12-8-5-9-13-18/h4-14,16H,3,15H2,1-2H3. The minimum atomic E-state index is -0.107. The van der Waals surface area contributed by atoms with Crippen LogP contribution in [0.25, 0.3) is 11.3 Å². The molecule has 1 unspecified atom stereocenters. The molecule has 2 aromatic carbocycles. The van der Waals surface area contributed by atoms with Crippen molar-refractivity contribution in [3.05, 3.63) is 78.0 Å². The summed E-state index contributed by atoms with van der Waals surface area (Å²) in [6.45, 7) is 4.69. The molecule has 25 heavy (non-hydrogen) atoms. The van der Waals surface area contributed by atoms with Crippen molar-refractivity contribution in [3.8, 4) is 11.3 Å². The number of hydrogen-bond donors (Lipinski definition) is 0. The van der Waals surface area contributed by atoms with Gasteiger partial charge in [0.15, 0.2) is 11.5 Å². The van der Waals surface area contributed by atoms with Gasteiger partial charge in [0, 0.05) is 24.2 Å². The third-order valence-corrected chi connectivity index (χ3v) is 4.37. The Morgan fingerprint density at radius 2 is 1.72 bits per heavy atom. The van der Waals surface area contributed by atoms with Gasteiger partial charge >= 0.3 is 0 Å². The fourth-order valence-corrected chi connectivity index (χ4v) is 2.69. The molecule has 3 rings (SSSR count). The van der Waals surface area contributed by atoms with Gasteiger partial charge < -0.3 is 9.42 Å². The second-order valence-electron chi connectivity index (χ2n) is 6.12. The lowest BCUT2D eigenvalue weighted by atomic mass is 10.1. The van der Waals surface area contributed by atoms with Crippen molar-refractivity contribution in [2.75, 3.05) is 0 Å². The first-order chi connectivity index (χ1) is 12.2. The Kier molecular flexibility index (Phi) is 5.29. The van der Waals surface area contributed by atoms with Crippen LogP contribution in [-0.2, 0) is 6.54 Å². The van der Waals surface area contributed by atoms with Gasteiger partial charge in [0.05, 0.1) is 0 Å². The van der Waals surface area contributed by atoms with E-state index in [1.807, 2.05) is 65.6 Å². The van der Waals surface area contributed by atoms with E-state index in [0.29, 0.717) is 18.0 Å². The van der Waals surface area contributed by atoms with Crippen molar-refractivity contribution in [1.29, 1.82) is 0 Å². The maximum absolute atomic E-state index is 13.0. The Morgan fingerprint density at radius 3 is 2.36 bits per heavy atom. The van der Waals surface area contributed by atoms with Crippen LogP contribution in [0.3, 0.4) is 0 Å². The van der Waals surface area contributed by atoms with Crippen molar-refractivity contribution < 1.29 is 9.32 Å². The first kappa shape index (κ1) is 17.0. The molecular formula is C21H22N2O2. The molecule has 3 aromatic rings. The summed E-state index contributed by atoms with van der Waals surface area (Å²) in [5, 5.41) is 4.01. The number of nitrogens with zero attached hydrogens (tertiary/aromatic N) is 2. The molecule has 4 nitrogen and oxygen atoms in total. The van der Waals surface area contributed by atoms with Crippen LogP contribution in [0.4, 0.5) is 0 Å². The summed E-state index contributed by atoms with van der Waals surface area (Å²) in [4.78, 5) is 14.8. The molecule has 1 amide bonds. The number of rotatable bonds is 6. The van der Waals surface area contributed by atoms with Crippen molar-refractivity contribution in [3.63, 3.8) is 0 Å². The zero-order valence-corrected chi connectivity index (χ0v) is 14.6. The van der Waals surface area contributed by atoms with Gasteiger partial charge in [0.1, 0.15) is 0 Å². The number of carbonyl (C=O) groups is 1. The van der Waals surface area contributed by atoms with Crippen molar-refractivity contribution in [2.24, 2.45) is 0 Å². The monoisotopic (exact) mass is 334 g/mol. The third kappa shape index (κ3) is 3.97. The van der Waals surface area contributed by atoms with E-state index in [9.17, 15) is 4.79 Å². The molecule has 0 saturated heterocycles. The van der Waals surface area contributed by atoms with Crippen LogP contribution in [-0.4, -0.2) is 22.0 Å². The van der Waals surface area contributed by atoms with E-state index < -0.39 is 0 Å². The highest BCUT2D eigenvalue weighted by Crippen LogP contribution is 2.22. The summed E-state index contributed by atoms with van der Waals surface area (Å²) in [6, 6.07) is 21.5. The van der Waals surface area contributed by atoms with E-state index in [0.717, 1.165) is 17.5 Å². The average Bonchev–Trinajstić information content (AvgIpc) is 3.17. The zero-order valence-electron chi connectivity index (χ0n) is 14.6. The Morgan fingerprint density at radius 1 is 1.08 bits per heavy atom. The van der Waals surface area contributed by atoms with Crippen LogP contribution < -0.4 is 0 Å². The van der Waals surface area contributed by atoms with Crippen LogP contribution in [0, 0.1) is 0 Å². The zero-order chi connectivity index (χ0) is 17.6. The molecular weight excluding hydrogens is 312 g/mol. The maximum Gasteiger partial charge on any atom is 0.276 e. The summed E-state index contributed by atoms with van der Waals surface area (Å²) in [5.41, 5.74) is 2.35. The van der Waals surface area contributed by atoms with Crippen molar-refractivity contribution in [1.82, 2.24) is 10.1 Å². The highest BCUT2D eigenvalue weighted by Gasteiger charge is 2.24. The molecule has 0 spiro atoms. The van der Waals surface area contributed by atoms with Gasteiger partial charge in [-0.3, -0.25) is 4.79 Å². The number of hydrogen-bond acceptors (Lipinski definition) is 3. The Hall–Kier alpha value is -2.88. The van der Waals surface area contributed by atoms with E-state index in [2.05, 4.69) is 19.0 Å². The van der Waals surface area contributed by atoms with Gasteiger partial charge in [-0.05, 0) is 18.9 Å². The predicted molar refractivity (Wildman–Crippen MR) is 98.0 cm³/mol. The molecule has 0 aliphatic heterocycles. The molecule has 0 aliphatic rings. The van der Waals surface area contributed by atoms with E-state index in [-0.39, 0.29) is 11.9 Å². The molecule has 128 valence electrons. The molecule has 0 fully saturated rings. The lowest BCUT2D eigenvalue weighted by Gasteiger charge is -2.28. The summed E-state index contributed by atoms with van der Waals surface area (Å²) >= 11 is 0. The molecule has 0 bridgehead atoms. The smallest absolute Gasteiger partial charge is 0.276 e. The van der Waals surface area contributed by atoms with Gasteiger partial charge in [0.25, 0.3) is 5.91 Å². The van der Waals surface area contributed by atoms with Crippen LogP contribution in [0.1, 0.15) is 36.3 Å². The van der Waals surface area contributed by atoms with Gasteiger partial charge in [-0.2, -0.15) is 0 Å². The average molecular weight is 334 g/mol. The van der Waals surface area contributed by atoms with Gasteiger partial charge in [-0.25, -0.2) is 0 Å².